The van der Waals surface area contributed by atoms with E-state index in [0.29, 0.717) is 28.1 Å². The summed E-state index contributed by atoms with van der Waals surface area (Å²) in [6, 6.07) is 9.80. The third-order valence-electron chi connectivity index (χ3n) is 4.73. The Hall–Kier alpha value is -1.54. The molecule has 2 N–H and O–H groups in total. The predicted octanol–water partition coefficient (Wildman–Crippen LogP) is 4.86. The summed E-state index contributed by atoms with van der Waals surface area (Å²) < 4.78 is 0. The fraction of sp³-hybridized carbons (Fsp3) is 0.421. The zero-order valence-corrected chi connectivity index (χ0v) is 14.3. The molecule has 0 heterocycles. The first-order valence-electron chi connectivity index (χ1n) is 7.88. The van der Waals surface area contributed by atoms with Crippen LogP contribution in [0, 0.1) is 17.3 Å². The zero-order chi connectivity index (χ0) is 16.2. The average molecular weight is 317 g/mol. The second-order valence-corrected chi connectivity index (χ2v) is 6.74. The van der Waals surface area contributed by atoms with Gasteiger partial charge in [-0.05, 0) is 35.3 Å². The molecule has 22 heavy (non-hydrogen) atoms. The molecule has 1 aliphatic rings. The fourth-order valence-corrected chi connectivity index (χ4v) is 3.15. The van der Waals surface area contributed by atoms with E-state index in [2.05, 4.69) is 37.9 Å². The molecule has 0 bridgehead atoms. The number of hydrogen-bond acceptors (Lipinski definition) is 2. The van der Waals surface area contributed by atoms with E-state index in [1.54, 1.807) is 6.08 Å². The molecule has 0 aromatic heterocycles. The lowest BCUT2D eigenvalue weighted by Gasteiger charge is -2.43. The molecule has 0 spiro atoms. The summed E-state index contributed by atoms with van der Waals surface area (Å²) in [5.41, 5.74) is 7.97. The highest BCUT2D eigenvalue weighted by atomic mass is 35.5. The number of halogens is 1. The minimum atomic E-state index is 0.320. The second kappa shape index (κ2) is 7.15. The molecule has 0 amide bonds. The predicted molar refractivity (Wildman–Crippen MR) is 97.0 cm³/mol. The monoisotopic (exact) mass is 316 g/mol. The van der Waals surface area contributed by atoms with Gasteiger partial charge in [-0.15, -0.1) is 0 Å². The van der Waals surface area contributed by atoms with Gasteiger partial charge in [0.15, 0.2) is 0 Å². The molecule has 0 aliphatic heterocycles. The van der Waals surface area contributed by atoms with Crippen molar-refractivity contribution in [2.24, 2.45) is 28.0 Å². The fourth-order valence-electron chi connectivity index (χ4n) is 2.96. The Bertz CT molecular complexity index is 589. The average Bonchev–Trinajstić information content (AvgIpc) is 2.52. The molecule has 3 heteroatoms. The Morgan fingerprint density at radius 3 is 2.64 bits per heavy atom. The van der Waals surface area contributed by atoms with Crippen LogP contribution < -0.4 is 5.73 Å². The van der Waals surface area contributed by atoms with Gasteiger partial charge in [-0.2, -0.15) is 0 Å². The van der Waals surface area contributed by atoms with Gasteiger partial charge in [0.1, 0.15) is 5.17 Å². The normalized spacial score (nSPS) is 26.6. The van der Waals surface area contributed by atoms with Crippen molar-refractivity contribution in [3.05, 3.63) is 54.1 Å². The molecule has 1 aliphatic carbocycles. The van der Waals surface area contributed by atoms with Gasteiger partial charge < -0.3 is 5.73 Å². The molecule has 0 saturated heterocycles. The zero-order valence-electron chi connectivity index (χ0n) is 13.6. The van der Waals surface area contributed by atoms with E-state index in [1.165, 1.54) is 0 Å². The maximum Gasteiger partial charge on any atom is 0.125 e. The van der Waals surface area contributed by atoms with Crippen LogP contribution in [0.5, 0.6) is 0 Å². The molecular weight excluding hydrogens is 292 g/mol. The van der Waals surface area contributed by atoms with E-state index in [9.17, 15) is 0 Å². The third-order valence-corrected chi connectivity index (χ3v) is 4.96. The summed E-state index contributed by atoms with van der Waals surface area (Å²) in [7, 11) is 0. The van der Waals surface area contributed by atoms with Crippen LogP contribution in [0.2, 0.25) is 0 Å². The molecule has 2 rings (SSSR count). The number of rotatable bonds is 6. The number of nitrogens with two attached hydrogens (primary N) is 1. The second-order valence-electron chi connectivity index (χ2n) is 6.35. The lowest BCUT2D eigenvalue weighted by Crippen LogP contribution is -2.36. The molecule has 0 fully saturated rings. The first-order chi connectivity index (χ1) is 10.5. The summed E-state index contributed by atoms with van der Waals surface area (Å²) >= 11 is 6.22. The van der Waals surface area contributed by atoms with Crippen molar-refractivity contribution in [1.29, 1.82) is 0 Å². The smallest absolute Gasteiger partial charge is 0.125 e. The van der Waals surface area contributed by atoms with Gasteiger partial charge >= 0.3 is 0 Å². The highest BCUT2D eigenvalue weighted by Gasteiger charge is 2.38. The summed E-state index contributed by atoms with van der Waals surface area (Å²) in [6.45, 7) is 7.51. The molecule has 3 atom stereocenters. The van der Waals surface area contributed by atoms with E-state index < -0.39 is 0 Å². The highest BCUT2D eigenvalue weighted by Crippen LogP contribution is 2.45. The molecule has 1 aromatic rings. The molecule has 1 unspecified atom stereocenters. The summed E-state index contributed by atoms with van der Waals surface area (Å²) in [6.07, 6.45) is 7.51. The van der Waals surface area contributed by atoms with Gasteiger partial charge in [0.2, 0.25) is 0 Å². The van der Waals surface area contributed by atoms with Crippen LogP contribution >= 0.6 is 11.6 Å². The first kappa shape index (κ1) is 16.8. The topological polar surface area (TPSA) is 38.4 Å². The number of nitrogens with zero attached hydrogens (tertiary/aromatic N) is 1. The van der Waals surface area contributed by atoms with E-state index in [4.69, 9.17) is 17.3 Å². The van der Waals surface area contributed by atoms with E-state index in [0.717, 1.165) is 18.5 Å². The molecule has 0 radical (unpaired) electrons. The van der Waals surface area contributed by atoms with Crippen LogP contribution in [0.15, 0.2) is 53.6 Å². The Morgan fingerprint density at radius 1 is 1.41 bits per heavy atom. The standard InChI is InChI=1S/C19H25ClN2/c1-4-19(3)11-10-16(19)14(2)13-22-18(20)12-17(21)15-8-6-5-7-9-15/h5-12,14,16H,4,13,21H2,1-3H3/t14-,16-,19?/m0/s1. The van der Waals surface area contributed by atoms with E-state index >= 15 is 0 Å². The SMILES string of the molecule is CCC1(C)C=C[C@H]1[C@@H](C)CN=C(Cl)C=C(N)c1ccccc1. The van der Waals surface area contributed by atoms with Gasteiger partial charge in [0.25, 0.3) is 0 Å². The number of benzene rings is 1. The van der Waals surface area contributed by atoms with Crippen molar-refractivity contribution in [2.75, 3.05) is 6.54 Å². The van der Waals surface area contributed by atoms with Crippen LogP contribution in [0.1, 0.15) is 32.8 Å². The van der Waals surface area contributed by atoms with Crippen molar-refractivity contribution < 1.29 is 0 Å². The summed E-state index contributed by atoms with van der Waals surface area (Å²) in [5, 5.41) is 0.467. The molecule has 2 nitrogen and oxygen atoms in total. The maximum atomic E-state index is 6.22. The number of hydrogen-bond donors (Lipinski definition) is 1. The molecular formula is C19H25ClN2. The Labute approximate surface area is 138 Å². The summed E-state index contributed by atoms with van der Waals surface area (Å²) in [4.78, 5) is 4.48. The van der Waals surface area contributed by atoms with Crippen LogP contribution in [-0.4, -0.2) is 11.7 Å². The minimum absolute atomic E-state index is 0.320. The lowest BCUT2D eigenvalue weighted by atomic mass is 9.62. The minimum Gasteiger partial charge on any atom is -0.398 e. The Kier molecular flexibility index (Phi) is 5.47. The molecule has 118 valence electrons. The quantitative estimate of drug-likeness (QED) is 0.590. The number of allylic oxidation sites excluding steroid dienone is 3. The van der Waals surface area contributed by atoms with Gasteiger partial charge in [-0.3, -0.25) is 4.99 Å². The highest BCUT2D eigenvalue weighted by molar-refractivity contribution is 6.68. The Balaban J connectivity index is 1.97. The first-order valence-corrected chi connectivity index (χ1v) is 8.26. The van der Waals surface area contributed by atoms with Gasteiger partial charge in [-0.25, -0.2) is 0 Å². The number of aliphatic imine (C=N–C) groups is 1. The molecule has 1 aromatic carbocycles. The Morgan fingerprint density at radius 2 is 2.09 bits per heavy atom. The lowest BCUT2D eigenvalue weighted by molar-refractivity contribution is 0.190. The van der Waals surface area contributed by atoms with Gasteiger partial charge in [0.05, 0.1) is 0 Å². The largest absolute Gasteiger partial charge is 0.398 e. The van der Waals surface area contributed by atoms with E-state index in [1.807, 2.05) is 30.3 Å². The van der Waals surface area contributed by atoms with Crippen LogP contribution in [-0.2, 0) is 0 Å². The van der Waals surface area contributed by atoms with Gasteiger partial charge in [0, 0.05) is 12.2 Å². The summed E-state index contributed by atoms with van der Waals surface area (Å²) in [5.74, 6) is 1.07. The van der Waals surface area contributed by atoms with Crippen molar-refractivity contribution in [3.63, 3.8) is 0 Å². The molecule has 0 saturated carbocycles. The van der Waals surface area contributed by atoms with Crippen LogP contribution in [0.4, 0.5) is 0 Å². The van der Waals surface area contributed by atoms with Crippen LogP contribution in [0.25, 0.3) is 5.70 Å². The third kappa shape index (κ3) is 3.80. The maximum absolute atomic E-state index is 6.22. The van der Waals surface area contributed by atoms with E-state index in [-0.39, 0.29) is 0 Å². The van der Waals surface area contributed by atoms with Crippen molar-refractivity contribution in [1.82, 2.24) is 0 Å². The van der Waals surface area contributed by atoms with Crippen molar-refractivity contribution >= 4 is 22.5 Å². The van der Waals surface area contributed by atoms with Crippen molar-refractivity contribution in [3.8, 4) is 0 Å². The van der Waals surface area contributed by atoms with Gasteiger partial charge in [-0.1, -0.05) is 74.9 Å². The van der Waals surface area contributed by atoms with Crippen molar-refractivity contribution in [2.45, 2.75) is 27.2 Å². The van der Waals surface area contributed by atoms with Crippen LogP contribution in [0.3, 0.4) is 0 Å².